The molecule has 0 unspecified atom stereocenters. The summed E-state index contributed by atoms with van der Waals surface area (Å²) < 4.78 is 44.4. The number of halogens is 3. The van der Waals surface area contributed by atoms with Gasteiger partial charge in [-0.1, -0.05) is 12.1 Å². The monoisotopic (exact) mass is 497 g/mol. The number of rotatable bonds is 6. The zero-order chi connectivity index (χ0) is 25.4. The first-order valence-electron chi connectivity index (χ1n) is 11.7. The van der Waals surface area contributed by atoms with Gasteiger partial charge >= 0.3 is 0 Å². The molecular weight excluding hydrogens is 471 g/mol. The van der Waals surface area contributed by atoms with E-state index in [0.717, 1.165) is 5.56 Å². The Hall–Kier alpha value is -3.73. The summed E-state index contributed by atoms with van der Waals surface area (Å²) in [6.45, 7) is 4.50. The molecule has 0 aliphatic carbocycles. The highest BCUT2D eigenvalue weighted by Gasteiger charge is 2.25. The maximum atomic E-state index is 14.0. The molecule has 8 nitrogen and oxygen atoms in total. The molecule has 11 heteroatoms. The third-order valence-corrected chi connectivity index (χ3v) is 6.45. The molecule has 1 aliphatic heterocycles. The van der Waals surface area contributed by atoms with E-state index in [9.17, 15) is 18.0 Å². The van der Waals surface area contributed by atoms with Crippen molar-refractivity contribution in [1.29, 1.82) is 0 Å². The van der Waals surface area contributed by atoms with Gasteiger partial charge in [-0.15, -0.1) is 0 Å². The molecule has 0 bridgehead atoms. The number of aromatic nitrogens is 5. The number of carbonyl (C=O) groups is 1. The zero-order valence-corrected chi connectivity index (χ0v) is 20.0. The van der Waals surface area contributed by atoms with Crippen molar-refractivity contribution in [2.45, 2.75) is 26.4 Å². The van der Waals surface area contributed by atoms with Gasteiger partial charge in [0.25, 0.3) is 6.43 Å². The second-order valence-electron chi connectivity index (χ2n) is 9.03. The molecule has 0 spiro atoms. The number of nitrogens with zero attached hydrogens (tertiary/aromatic N) is 7. The molecule has 5 rings (SSSR count). The summed E-state index contributed by atoms with van der Waals surface area (Å²) in [5, 5.41) is 8.77. The second-order valence-corrected chi connectivity index (χ2v) is 9.03. The van der Waals surface area contributed by atoms with Crippen LogP contribution in [0.15, 0.2) is 42.7 Å². The highest BCUT2D eigenvalue weighted by Crippen LogP contribution is 2.33. The molecule has 1 fully saturated rings. The zero-order valence-electron chi connectivity index (χ0n) is 20.0. The number of benzene rings is 1. The Morgan fingerprint density at radius 3 is 2.58 bits per heavy atom. The van der Waals surface area contributed by atoms with E-state index in [1.807, 2.05) is 6.07 Å². The number of carbonyl (C=O) groups excluding carboxylic acids is 1. The fraction of sp³-hybridized carbons (Fsp3) is 0.360. The lowest BCUT2D eigenvalue weighted by molar-refractivity contribution is -0.133. The van der Waals surface area contributed by atoms with Crippen LogP contribution in [-0.2, 0) is 24.9 Å². The lowest BCUT2D eigenvalue weighted by Gasteiger charge is -2.34. The van der Waals surface area contributed by atoms with Crippen molar-refractivity contribution in [3.63, 3.8) is 0 Å². The van der Waals surface area contributed by atoms with E-state index >= 15 is 0 Å². The summed E-state index contributed by atoms with van der Waals surface area (Å²) in [6.07, 6.45) is 0.542. The van der Waals surface area contributed by atoms with Crippen LogP contribution in [0.1, 0.15) is 23.2 Å². The number of piperazine rings is 1. The Morgan fingerprint density at radius 1 is 1.14 bits per heavy atom. The molecule has 188 valence electrons. The van der Waals surface area contributed by atoms with E-state index in [4.69, 9.17) is 0 Å². The summed E-state index contributed by atoms with van der Waals surface area (Å²) in [5.74, 6) is -0.421. The molecule has 4 heterocycles. The van der Waals surface area contributed by atoms with Gasteiger partial charge in [-0.3, -0.25) is 14.4 Å². The van der Waals surface area contributed by atoms with Gasteiger partial charge in [-0.2, -0.15) is 10.2 Å². The maximum absolute atomic E-state index is 14.0. The van der Waals surface area contributed by atoms with E-state index in [0.29, 0.717) is 49.7 Å². The third kappa shape index (κ3) is 4.83. The second kappa shape index (κ2) is 9.73. The molecule has 1 amide bonds. The molecule has 1 aliphatic rings. The molecule has 0 radical (unpaired) electrons. The molecule has 3 aromatic heterocycles. The fourth-order valence-electron chi connectivity index (χ4n) is 4.65. The summed E-state index contributed by atoms with van der Waals surface area (Å²) in [6, 6.07) is 7.87. The van der Waals surface area contributed by atoms with Gasteiger partial charge in [0.15, 0.2) is 5.65 Å². The normalized spacial score (nSPS) is 14.8. The number of aryl methyl sites for hydroxylation is 2. The predicted octanol–water partition coefficient (Wildman–Crippen LogP) is 3.56. The standard InChI is InChI=1S/C25H26F3N7O/c1-16-23-20(24(27)28)11-21(18-12-29-32(2)14-18)30-25(23)35(31-16)15-22(36)34-8-6-33(7-9-34)13-17-4-3-5-19(26)10-17/h3-5,10-12,14,24H,6-9,13,15H2,1-2H3. The Morgan fingerprint density at radius 2 is 1.92 bits per heavy atom. The Labute approximate surface area is 205 Å². The predicted molar refractivity (Wildman–Crippen MR) is 128 cm³/mol. The SMILES string of the molecule is Cc1nn(CC(=O)N2CCN(Cc3cccc(F)c3)CC2)c2nc(-c3cnn(C)c3)cc(C(F)F)c12. The van der Waals surface area contributed by atoms with Gasteiger partial charge in [-0.05, 0) is 30.7 Å². The summed E-state index contributed by atoms with van der Waals surface area (Å²) in [7, 11) is 1.74. The summed E-state index contributed by atoms with van der Waals surface area (Å²) in [4.78, 5) is 21.6. The molecule has 4 aromatic rings. The average molecular weight is 498 g/mol. The van der Waals surface area contributed by atoms with Crippen LogP contribution in [0, 0.1) is 12.7 Å². The summed E-state index contributed by atoms with van der Waals surface area (Å²) in [5.41, 5.74) is 2.33. The number of pyridine rings is 1. The largest absolute Gasteiger partial charge is 0.339 e. The summed E-state index contributed by atoms with van der Waals surface area (Å²) >= 11 is 0. The van der Waals surface area contributed by atoms with Crippen LogP contribution >= 0.6 is 0 Å². The van der Waals surface area contributed by atoms with Crippen molar-refractivity contribution in [2.75, 3.05) is 26.2 Å². The minimum absolute atomic E-state index is 0.0968. The third-order valence-electron chi connectivity index (χ3n) is 6.45. The van der Waals surface area contributed by atoms with Gasteiger partial charge in [0.2, 0.25) is 5.91 Å². The highest BCUT2D eigenvalue weighted by atomic mass is 19.3. The molecule has 0 atom stereocenters. The molecule has 0 saturated carbocycles. The van der Waals surface area contributed by atoms with Gasteiger partial charge in [-0.25, -0.2) is 22.8 Å². The number of hydrogen-bond acceptors (Lipinski definition) is 5. The fourth-order valence-corrected chi connectivity index (χ4v) is 4.65. The van der Waals surface area contributed by atoms with Crippen molar-refractivity contribution < 1.29 is 18.0 Å². The Kier molecular flexibility index (Phi) is 6.48. The molecule has 0 N–H and O–H groups in total. The Balaban J connectivity index is 1.34. The number of alkyl halides is 2. The topological polar surface area (TPSA) is 72.1 Å². The quantitative estimate of drug-likeness (QED) is 0.407. The van der Waals surface area contributed by atoms with Crippen LogP contribution in [-0.4, -0.2) is 66.4 Å². The maximum Gasteiger partial charge on any atom is 0.264 e. The van der Waals surface area contributed by atoms with Gasteiger partial charge in [0.1, 0.15) is 12.4 Å². The van der Waals surface area contributed by atoms with Crippen LogP contribution < -0.4 is 0 Å². The minimum Gasteiger partial charge on any atom is -0.339 e. The van der Waals surface area contributed by atoms with Crippen molar-refractivity contribution in [1.82, 2.24) is 34.3 Å². The Bertz CT molecular complexity index is 1410. The van der Waals surface area contributed by atoms with E-state index in [-0.39, 0.29) is 34.9 Å². The lowest BCUT2D eigenvalue weighted by atomic mass is 10.1. The lowest BCUT2D eigenvalue weighted by Crippen LogP contribution is -2.49. The van der Waals surface area contributed by atoms with E-state index in [1.54, 1.807) is 42.0 Å². The van der Waals surface area contributed by atoms with Crippen molar-refractivity contribution in [3.05, 3.63) is 65.4 Å². The van der Waals surface area contributed by atoms with Crippen molar-refractivity contribution in [3.8, 4) is 11.3 Å². The van der Waals surface area contributed by atoms with Crippen molar-refractivity contribution >= 4 is 16.9 Å². The van der Waals surface area contributed by atoms with Crippen LogP contribution in [0.5, 0.6) is 0 Å². The average Bonchev–Trinajstić information content (AvgIpc) is 3.42. The van der Waals surface area contributed by atoms with Crippen LogP contribution in [0.25, 0.3) is 22.3 Å². The van der Waals surface area contributed by atoms with Crippen LogP contribution in [0.4, 0.5) is 13.2 Å². The number of fused-ring (bicyclic) bond motifs is 1. The molecule has 36 heavy (non-hydrogen) atoms. The first-order chi connectivity index (χ1) is 17.3. The van der Waals surface area contributed by atoms with E-state index < -0.39 is 6.43 Å². The number of hydrogen-bond donors (Lipinski definition) is 0. The molecule has 1 aromatic carbocycles. The first kappa shape index (κ1) is 24.0. The molecule has 1 saturated heterocycles. The van der Waals surface area contributed by atoms with E-state index in [2.05, 4.69) is 20.1 Å². The smallest absolute Gasteiger partial charge is 0.264 e. The van der Waals surface area contributed by atoms with Gasteiger partial charge < -0.3 is 4.90 Å². The molecular formula is C25H26F3N7O. The highest BCUT2D eigenvalue weighted by molar-refractivity contribution is 5.87. The van der Waals surface area contributed by atoms with Crippen LogP contribution in [0.2, 0.25) is 0 Å². The van der Waals surface area contributed by atoms with Crippen LogP contribution in [0.3, 0.4) is 0 Å². The van der Waals surface area contributed by atoms with Gasteiger partial charge in [0, 0.05) is 57.1 Å². The van der Waals surface area contributed by atoms with E-state index in [1.165, 1.54) is 22.9 Å². The van der Waals surface area contributed by atoms with Gasteiger partial charge in [0.05, 0.1) is 23.0 Å². The minimum atomic E-state index is -2.72. The first-order valence-corrected chi connectivity index (χ1v) is 11.7. The number of amides is 1. The van der Waals surface area contributed by atoms with Crippen molar-refractivity contribution in [2.24, 2.45) is 7.05 Å².